The molecule has 39 heavy (non-hydrogen) atoms. The molecule has 0 saturated heterocycles. The number of carbonyl (C=O) groups excluding carboxylic acids is 2. The molecule has 0 atom stereocenters. The third-order valence-electron chi connectivity index (χ3n) is 6.10. The summed E-state index contributed by atoms with van der Waals surface area (Å²) in [5.41, 5.74) is 2.63. The van der Waals surface area contributed by atoms with Crippen molar-refractivity contribution in [2.24, 2.45) is 0 Å². The number of aromatic nitrogens is 2. The average molecular weight is 552 g/mol. The maximum absolute atomic E-state index is 13.2. The molecule has 0 radical (unpaired) electrons. The largest absolute Gasteiger partial charge is 0.508 e. The van der Waals surface area contributed by atoms with Gasteiger partial charge in [-0.2, -0.15) is 0 Å². The number of carbonyl (C=O) groups is 2. The average Bonchev–Trinajstić information content (AvgIpc) is 3.57. The van der Waals surface area contributed by atoms with E-state index in [0.29, 0.717) is 40.5 Å². The number of anilines is 2. The summed E-state index contributed by atoms with van der Waals surface area (Å²) >= 11 is 0. The number of aromatic amines is 1. The number of fused-ring (bicyclic) bond motifs is 2. The highest BCUT2D eigenvalue weighted by atomic mass is 35.5. The second kappa shape index (κ2) is 10.5. The zero-order valence-electron chi connectivity index (χ0n) is 22.2. The fraction of sp³-hybridized carbons (Fsp3) is 0.250. The van der Waals surface area contributed by atoms with Gasteiger partial charge in [0, 0.05) is 45.6 Å². The highest BCUT2D eigenvalue weighted by Gasteiger charge is 2.21. The Balaban J connectivity index is 0.00000353. The molecule has 4 N–H and O–H groups in total. The smallest absolute Gasteiger partial charge is 0.324 e. The van der Waals surface area contributed by atoms with E-state index < -0.39 is 6.03 Å². The first kappa shape index (κ1) is 27.7. The second-order valence-corrected chi connectivity index (χ2v) is 10.5. The van der Waals surface area contributed by atoms with E-state index in [1.807, 2.05) is 39.8 Å². The SMILES string of the molecule is CN(C)Cc1c(O)ccc2[nH]c(C(=O)c3cc4cc(NC(=O)Nc5cc(C(C)(C)C)on5)ccc4o3)cc12.Cl. The predicted molar refractivity (Wildman–Crippen MR) is 152 cm³/mol. The maximum Gasteiger partial charge on any atom is 0.324 e. The highest BCUT2D eigenvalue weighted by Crippen LogP contribution is 2.31. The van der Waals surface area contributed by atoms with Gasteiger partial charge in [0.05, 0.1) is 5.69 Å². The maximum atomic E-state index is 13.2. The third kappa shape index (κ3) is 5.76. The molecule has 0 aliphatic heterocycles. The van der Waals surface area contributed by atoms with Crippen molar-refractivity contribution in [3.63, 3.8) is 0 Å². The fourth-order valence-corrected chi connectivity index (χ4v) is 4.19. The summed E-state index contributed by atoms with van der Waals surface area (Å²) in [4.78, 5) is 30.8. The summed E-state index contributed by atoms with van der Waals surface area (Å²) in [6.45, 7) is 6.49. The van der Waals surface area contributed by atoms with Gasteiger partial charge in [-0.25, -0.2) is 4.79 Å². The van der Waals surface area contributed by atoms with Crippen LogP contribution in [0.3, 0.4) is 0 Å². The molecule has 5 aromatic rings. The summed E-state index contributed by atoms with van der Waals surface area (Å²) < 4.78 is 11.1. The minimum absolute atomic E-state index is 0. The van der Waals surface area contributed by atoms with Crippen LogP contribution in [0, 0.1) is 0 Å². The van der Waals surface area contributed by atoms with Gasteiger partial charge < -0.3 is 29.2 Å². The van der Waals surface area contributed by atoms with Crippen LogP contribution in [0.1, 0.15) is 48.3 Å². The number of ketones is 1. The van der Waals surface area contributed by atoms with Gasteiger partial charge in [-0.15, -0.1) is 12.4 Å². The molecular weight excluding hydrogens is 522 g/mol. The lowest BCUT2D eigenvalue weighted by Crippen LogP contribution is -2.19. The molecular formula is C28H30ClN5O5. The molecule has 0 unspecified atom stereocenters. The van der Waals surface area contributed by atoms with Crippen LogP contribution in [-0.4, -0.2) is 46.1 Å². The molecule has 3 heterocycles. The first-order valence-electron chi connectivity index (χ1n) is 12.1. The summed E-state index contributed by atoms with van der Waals surface area (Å²) in [6, 6.07) is 13.0. The van der Waals surface area contributed by atoms with Crippen molar-refractivity contribution in [2.75, 3.05) is 24.7 Å². The van der Waals surface area contributed by atoms with Crippen LogP contribution in [0.4, 0.5) is 16.3 Å². The Labute approximate surface area is 230 Å². The number of H-pyrrole nitrogens is 1. The van der Waals surface area contributed by atoms with Crippen LogP contribution >= 0.6 is 12.4 Å². The van der Waals surface area contributed by atoms with Crippen molar-refractivity contribution in [3.8, 4) is 5.75 Å². The van der Waals surface area contributed by atoms with E-state index in [-0.39, 0.29) is 35.1 Å². The predicted octanol–water partition coefficient (Wildman–Crippen LogP) is 6.26. The van der Waals surface area contributed by atoms with Gasteiger partial charge >= 0.3 is 6.03 Å². The Morgan fingerprint density at radius 1 is 1.05 bits per heavy atom. The van der Waals surface area contributed by atoms with E-state index in [1.165, 1.54) is 0 Å². The number of phenols is 1. The van der Waals surface area contributed by atoms with Gasteiger partial charge in [-0.05, 0) is 56.6 Å². The molecule has 0 bridgehead atoms. The molecule has 0 fully saturated rings. The zero-order valence-corrected chi connectivity index (χ0v) is 23.0. The lowest BCUT2D eigenvalue weighted by atomic mass is 9.93. The number of halogens is 1. The van der Waals surface area contributed by atoms with E-state index in [0.717, 1.165) is 16.5 Å². The number of urea groups is 1. The summed E-state index contributed by atoms with van der Waals surface area (Å²) in [6.07, 6.45) is 0. The topological polar surface area (TPSA) is 137 Å². The molecule has 10 nitrogen and oxygen atoms in total. The van der Waals surface area contributed by atoms with E-state index in [9.17, 15) is 14.7 Å². The lowest BCUT2D eigenvalue weighted by Gasteiger charge is -2.12. The number of nitrogens with one attached hydrogen (secondary N) is 3. The van der Waals surface area contributed by atoms with E-state index in [1.54, 1.807) is 48.5 Å². The number of aromatic hydroxyl groups is 1. The molecule has 3 aromatic heterocycles. The molecule has 0 aliphatic rings. The summed E-state index contributed by atoms with van der Waals surface area (Å²) in [5, 5.41) is 21.1. The molecule has 11 heteroatoms. The molecule has 0 aliphatic carbocycles. The van der Waals surface area contributed by atoms with E-state index in [4.69, 9.17) is 8.94 Å². The van der Waals surface area contributed by atoms with Crippen LogP contribution in [0.25, 0.3) is 21.9 Å². The van der Waals surface area contributed by atoms with Crippen LogP contribution < -0.4 is 10.6 Å². The fourth-order valence-electron chi connectivity index (χ4n) is 4.19. The lowest BCUT2D eigenvalue weighted by molar-refractivity contribution is 0.101. The quantitative estimate of drug-likeness (QED) is 0.183. The highest BCUT2D eigenvalue weighted by molar-refractivity contribution is 6.10. The summed E-state index contributed by atoms with van der Waals surface area (Å²) in [7, 11) is 3.82. The molecule has 5 rings (SSSR count). The van der Waals surface area contributed by atoms with Crippen molar-refractivity contribution in [1.29, 1.82) is 0 Å². The van der Waals surface area contributed by atoms with Crippen LogP contribution in [0.2, 0.25) is 0 Å². The van der Waals surface area contributed by atoms with Gasteiger partial charge in [0.2, 0.25) is 5.78 Å². The first-order valence-corrected chi connectivity index (χ1v) is 12.1. The normalized spacial score (nSPS) is 11.6. The van der Waals surface area contributed by atoms with Crippen molar-refractivity contribution >= 4 is 57.6 Å². The zero-order chi connectivity index (χ0) is 27.2. The number of nitrogens with zero attached hydrogens (tertiary/aromatic N) is 2. The number of amides is 2. The van der Waals surface area contributed by atoms with Crippen molar-refractivity contribution in [3.05, 3.63) is 71.3 Å². The van der Waals surface area contributed by atoms with E-state index >= 15 is 0 Å². The van der Waals surface area contributed by atoms with Gasteiger partial charge in [0.15, 0.2) is 11.6 Å². The standard InChI is InChI=1S/C28H29N5O5.ClH/c1-28(2,3)24-13-25(32-38-24)31-27(36)29-16-6-9-22-15(10-16)11-23(37-22)26(35)20-12-17-18(14-33(4)5)21(34)8-7-19(17)30-20;/h6-13,30,34H,14H2,1-5H3,(H2,29,31,32,36);1H. The summed E-state index contributed by atoms with van der Waals surface area (Å²) in [5.74, 6) is 0.982. The number of phenolic OH excluding ortho intramolecular Hbond substituents is 1. The van der Waals surface area contributed by atoms with Gasteiger partial charge in [0.1, 0.15) is 17.1 Å². The number of hydrogen-bond donors (Lipinski definition) is 4. The Bertz CT molecular complexity index is 1670. The van der Waals surface area contributed by atoms with Gasteiger partial charge in [0.25, 0.3) is 0 Å². The monoisotopic (exact) mass is 551 g/mol. The van der Waals surface area contributed by atoms with Crippen molar-refractivity contribution in [1.82, 2.24) is 15.0 Å². The molecule has 204 valence electrons. The first-order chi connectivity index (χ1) is 18.0. The third-order valence-corrected chi connectivity index (χ3v) is 6.10. The molecule has 0 spiro atoms. The minimum Gasteiger partial charge on any atom is -0.508 e. The van der Waals surface area contributed by atoms with Gasteiger partial charge in [-0.3, -0.25) is 10.1 Å². The molecule has 2 aromatic carbocycles. The van der Waals surface area contributed by atoms with E-state index in [2.05, 4.69) is 20.8 Å². The molecule has 2 amide bonds. The van der Waals surface area contributed by atoms with Crippen LogP contribution in [-0.2, 0) is 12.0 Å². The second-order valence-electron chi connectivity index (χ2n) is 10.5. The molecule has 0 saturated carbocycles. The van der Waals surface area contributed by atoms with Crippen LogP contribution in [0.15, 0.2) is 57.5 Å². The Hall–Kier alpha value is -4.28. The number of rotatable bonds is 6. The van der Waals surface area contributed by atoms with Crippen molar-refractivity contribution in [2.45, 2.75) is 32.7 Å². The van der Waals surface area contributed by atoms with Gasteiger partial charge in [-0.1, -0.05) is 25.9 Å². The number of hydrogen-bond acceptors (Lipinski definition) is 7. The number of furan rings is 1. The number of benzene rings is 2. The minimum atomic E-state index is -0.479. The Kier molecular flexibility index (Phi) is 7.45. The van der Waals surface area contributed by atoms with Crippen LogP contribution in [0.5, 0.6) is 5.75 Å². The Morgan fingerprint density at radius 3 is 2.51 bits per heavy atom. The Morgan fingerprint density at radius 2 is 1.82 bits per heavy atom. The van der Waals surface area contributed by atoms with Crippen molar-refractivity contribution < 1.29 is 23.6 Å².